The van der Waals surface area contributed by atoms with Gasteiger partial charge in [0.25, 0.3) is 0 Å². The lowest BCUT2D eigenvalue weighted by Crippen LogP contribution is -2.46. The van der Waals surface area contributed by atoms with E-state index >= 15 is 0 Å². The number of rotatable bonds is 9. The van der Waals surface area contributed by atoms with E-state index in [1.165, 1.54) is 24.9 Å². The summed E-state index contributed by atoms with van der Waals surface area (Å²) in [5.74, 6) is 0.920. The molecule has 0 amide bonds. The third-order valence-corrected chi connectivity index (χ3v) is 4.33. The lowest BCUT2D eigenvalue weighted by Gasteiger charge is -2.34. The van der Waals surface area contributed by atoms with Gasteiger partial charge in [0.1, 0.15) is 12.0 Å². The fourth-order valence-corrected chi connectivity index (χ4v) is 2.90. The number of methoxy groups -OCH3 is 1. The van der Waals surface area contributed by atoms with Crippen molar-refractivity contribution in [1.82, 2.24) is 9.80 Å². The summed E-state index contributed by atoms with van der Waals surface area (Å²) in [5.41, 5.74) is 1.35. The molecular weight excluding hydrogens is 276 g/mol. The Labute approximate surface area is 134 Å². The second-order valence-corrected chi connectivity index (χ2v) is 5.98. The molecule has 122 valence electrons. The van der Waals surface area contributed by atoms with Gasteiger partial charge in [0.05, 0.1) is 7.11 Å². The summed E-state index contributed by atoms with van der Waals surface area (Å²) < 4.78 is 5.20. The van der Waals surface area contributed by atoms with Gasteiger partial charge in [-0.15, -0.1) is 0 Å². The molecule has 0 bridgehead atoms. The van der Waals surface area contributed by atoms with Gasteiger partial charge in [0.15, 0.2) is 0 Å². The number of nitrogens with zero attached hydrogens (tertiary/aromatic N) is 2. The third kappa shape index (κ3) is 5.78. The maximum absolute atomic E-state index is 10.3. The number of unbranched alkanes of at least 4 members (excludes halogenated alkanes) is 3. The Morgan fingerprint density at radius 2 is 1.68 bits per heavy atom. The molecule has 0 radical (unpaired) electrons. The second-order valence-electron chi connectivity index (χ2n) is 5.98. The van der Waals surface area contributed by atoms with Gasteiger partial charge in [-0.1, -0.05) is 18.6 Å². The summed E-state index contributed by atoms with van der Waals surface area (Å²) >= 11 is 0. The van der Waals surface area contributed by atoms with Gasteiger partial charge in [-0.2, -0.15) is 0 Å². The van der Waals surface area contributed by atoms with E-state index in [2.05, 4.69) is 21.9 Å². The molecule has 0 atom stereocenters. The topological polar surface area (TPSA) is 32.8 Å². The van der Waals surface area contributed by atoms with Crippen molar-refractivity contribution in [3.63, 3.8) is 0 Å². The summed E-state index contributed by atoms with van der Waals surface area (Å²) in [6.07, 6.45) is 5.17. The molecule has 0 saturated carbocycles. The Bertz CT molecular complexity index is 425. The van der Waals surface area contributed by atoms with E-state index in [1.807, 2.05) is 12.1 Å². The van der Waals surface area contributed by atoms with Gasteiger partial charge in [0.2, 0.25) is 0 Å². The number of hydrogen-bond donors (Lipinski definition) is 0. The van der Waals surface area contributed by atoms with E-state index in [-0.39, 0.29) is 0 Å². The van der Waals surface area contributed by atoms with Gasteiger partial charge in [-0.05, 0) is 37.1 Å². The summed E-state index contributed by atoms with van der Waals surface area (Å²) in [6, 6.07) is 8.37. The first kappa shape index (κ1) is 17.0. The van der Waals surface area contributed by atoms with Crippen molar-refractivity contribution in [2.24, 2.45) is 0 Å². The van der Waals surface area contributed by atoms with Crippen LogP contribution >= 0.6 is 0 Å². The number of carbonyl (C=O) groups is 1. The van der Waals surface area contributed by atoms with E-state index in [0.717, 1.165) is 57.6 Å². The van der Waals surface area contributed by atoms with Crippen LogP contribution in [0.25, 0.3) is 0 Å². The lowest BCUT2D eigenvalue weighted by atomic mass is 10.1. The Morgan fingerprint density at radius 1 is 1.00 bits per heavy atom. The smallest absolute Gasteiger partial charge is 0.119 e. The van der Waals surface area contributed by atoms with Crippen molar-refractivity contribution in [2.45, 2.75) is 32.2 Å². The van der Waals surface area contributed by atoms with Crippen molar-refractivity contribution in [1.29, 1.82) is 0 Å². The Hall–Kier alpha value is -1.39. The number of piperazine rings is 1. The van der Waals surface area contributed by atoms with Crippen LogP contribution in [0.2, 0.25) is 0 Å². The normalized spacial score (nSPS) is 16.6. The lowest BCUT2D eigenvalue weighted by molar-refractivity contribution is -0.107. The molecule has 1 heterocycles. The minimum atomic E-state index is 0.718. The molecule has 1 aromatic rings. The Kier molecular flexibility index (Phi) is 7.40. The predicted molar refractivity (Wildman–Crippen MR) is 89.2 cm³/mol. The molecule has 0 spiro atoms. The number of aldehydes is 1. The average molecular weight is 304 g/mol. The van der Waals surface area contributed by atoms with Crippen LogP contribution in [0.5, 0.6) is 5.75 Å². The monoisotopic (exact) mass is 304 g/mol. The van der Waals surface area contributed by atoms with E-state index in [9.17, 15) is 4.79 Å². The van der Waals surface area contributed by atoms with Crippen LogP contribution in [-0.4, -0.2) is 55.9 Å². The first-order valence-electron chi connectivity index (χ1n) is 8.33. The van der Waals surface area contributed by atoms with E-state index in [4.69, 9.17) is 4.74 Å². The first-order chi connectivity index (χ1) is 10.8. The quantitative estimate of drug-likeness (QED) is 0.518. The largest absolute Gasteiger partial charge is 0.497 e. The highest BCUT2D eigenvalue weighted by atomic mass is 16.5. The predicted octanol–water partition coefficient (Wildman–Crippen LogP) is 2.57. The number of carbonyl (C=O) groups excluding carboxylic acids is 1. The molecule has 1 aliphatic rings. The van der Waals surface area contributed by atoms with Crippen molar-refractivity contribution < 1.29 is 9.53 Å². The van der Waals surface area contributed by atoms with Crippen molar-refractivity contribution >= 4 is 6.29 Å². The highest BCUT2D eigenvalue weighted by molar-refractivity contribution is 5.48. The van der Waals surface area contributed by atoms with Crippen molar-refractivity contribution in [3.8, 4) is 5.75 Å². The molecule has 1 aliphatic heterocycles. The van der Waals surface area contributed by atoms with Crippen molar-refractivity contribution in [2.75, 3.05) is 39.8 Å². The fraction of sp³-hybridized carbons (Fsp3) is 0.611. The van der Waals surface area contributed by atoms with Crippen LogP contribution in [-0.2, 0) is 11.3 Å². The van der Waals surface area contributed by atoms with Crippen LogP contribution in [0.4, 0.5) is 0 Å². The Balaban J connectivity index is 1.63. The first-order valence-corrected chi connectivity index (χ1v) is 8.33. The standard InChI is InChI=1S/C18H28N2O2/c1-22-18-8-6-17(7-9-18)16-20-13-11-19(12-14-20)10-4-2-3-5-15-21/h6-9,15H,2-5,10-14,16H2,1H3. The van der Waals surface area contributed by atoms with Crippen LogP contribution in [0.15, 0.2) is 24.3 Å². The highest BCUT2D eigenvalue weighted by Gasteiger charge is 2.16. The number of benzene rings is 1. The summed E-state index contributed by atoms with van der Waals surface area (Å²) in [5, 5.41) is 0. The molecule has 1 fully saturated rings. The van der Waals surface area contributed by atoms with Crippen LogP contribution < -0.4 is 4.74 Å². The molecular formula is C18H28N2O2. The summed E-state index contributed by atoms with van der Waals surface area (Å²) in [4.78, 5) is 15.3. The SMILES string of the molecule is COc1ccc(CN2CCN(CCCCCC=O)CC2)cc1. The summed E-state index contributed by atoms with van der Waals surface area (Å²) in [6.45, 7) is 6.79. The van der Waals surface area contributed by atoms with Crippen LogP contribution in [0, 0.1) is 0 Å². The molecule has 1 aromatic carbocycles. The molecule has 0 N–H and O–H groups in total. The zero-order valence-corrected chi connectivity index (χ0v) is 13.7. The molecule has 2 rings (SSSR count). The van der Waals surface area contributed by atoms with Crippen LogP contribution in [0.3, 0.4) is 0 Å². The summed E-state index contributed by atoms with van der Waals surface area (Å²) in [7, 11) is 1.70. The number of ether oxygens (including phenoxy) is 1. The third-order valence-electron chi connectivity index (χ3n) is 4.33. The minimum Gasteiger partial charge on any atom is -0.497 e. The zero-order chi connectivity index (χ0) is 15.6. The Morgan fingerprint density at radius 3 is 2.32 bits per heavy atom. The fourth-order valence-electron chi connectivity index (χ4n) is 2.90. The van der Waals surface area contributed by atoms with E-state index in [1.54, 1.807) is 7.11 Å². The molecule has 1 saturated heterocycles. The highest BCUT2D eigenvalue weighted by Crippen LogP contribution is 2.14. The second kappa shape index (κ2) is 9.59. The van der Waals surface area contributed by atoms with Gasteiger partial charge >= 0.3 is 0 Å². The van der Waals surface area contributed by atoms with Crippen molar-refractivity contribution in [3.05, 3.63) is 29.8 Å². The van der Waals surface area contributed by atoms with Crippen LogP contribution in [0.1, 0.15) is 31.2 Å². The van der Waals surface area contributed by atoms with Gasteiger partial charge in [0, 0.05) is 39.1 Å². The van der Waals surface area contributed by atoms with E-state index in [0.29, 0.717) is 0 Å². The number of hydrogen-bond acceptors (Lipinski definition) is 4. The zero-order valence-electron chi connectivity index (χ0n) is 13.7. The molecule has 0 aliphatic carbocycles. The average Bonchev–Trinajstić information content (AvgIpc) is 2.57. The van der Waals surface area contributed by atoms with Gasteiger partial charge in [-0.25, -0.2) is 0 Å². The minimum absolute atomic E-state index is 0.718. The molecule has 22 heavy (non-hydrogen) atoms. The molecule has 4 nitrogen and oxygen atoms in total. The molecule has 4 heteroatoms. The van der Waals surface area contributed by atoms with Gasteiger partial charge in [-0.3, -0.25) is 4.90 Å². The van der Waals surface area contributed by atoms with E-state index < -0.39 is 0 Å². The molecule has 0 aromatic heterocycles. The maximum Gasteiger partial charge on any atom is 0.119 e. The maximum atomic E-state index is 10.3. The molecule has 0 unspecified atom stereocenters. The van der Waals surface area contributed by atoms with Gasteiger partial charge < -0.3 is 14.4 Å².